The summed E-state index contributed by atoms with van der Waals surface area (Å²) in [5, 5.41) is 0. The number of hydrogen-bond acceptors (Lipinski definition) is 4. The van der Waals surface area contributed by atoms with Gasteiger partial charge in [0.1, 0.15) is 13.2 Å². The lowest BCUT2D eigenvalue weighted by molar-refractivity contribution is 0.171. The summed E-state index contributed by atoms with van der Waals surface area (Å²) >= 11 is 0. The molecule has 0 saturated carbocycles. The molecule has 5 nitrogen and oxygen atoms in total. The summed E-state index contributed by atoms with van der Waals surface area (Å²) in [6, 6.07) is 6.08. The van der Waals surface area contributed by atoms with Crippen molar-refractivity contribution in [3.63, 3.8) is 0 Å². The molecule has 1 aromatic heterocycles. The van der Waals surface area contributed by atoms with Crippen molar-refractivity contribution in [1.29, 1.82) is 0 Å². The SMILES string of the molecule is Cn1cc(CCc2ccc3c(c2)OCCO3)nc1N. The number of aryl methyl sites for hydroxylation is 3. The van der Waals surface area contributed by atoms with E-state index in [0.29, 0.717) is 19.2 Å². The maximum absolute atomic E-state index is 5.72. The molecule has 2 N–H and O–H groups in total. The molecule has 0 unspecified atom stereocenters. The molecule has 5 heteroatoms. The number of imidazole rings is 1. The van der Waals surface area contributed by atoms with Gasteiger partial charge in [0.25, 0.3) is 0 Å². The predicted molar refractivity (Wildman–Crippen MR) is 72.5 cm³/mol. The molecule has 100 valence electrons. The van der Waals surface area contributed by atoms with Gasteiger partial charge in [-0.05, 0) is 30.5 Å². The molecule has 0 saturated heterocycles. The van der Waals surface area contributed by atoms with Crippen LogP contribution in [0.25, 0.3) is 0 Å². The van der Waals surface area contributed by atoms with E-state index in [2.05, 4.69) is 11.1 Å². The molecule has 3 rings (SSSR count). The van der Waals surface area contributed by atoms with Gasteiger partial charge in [-0.2, -0.15) is 0 Å². The van der Waals surface area contributed by atoms with Crippen molar-refractivity contribution in [2.45, 2.75) is 12.8 Å². The van der Waals surface area contributed by atoms with E-state index in [-0.39, 0.29) is 0 Å². The van der Waals surface area contributed by atoms with Crippen molar-refractivity contribution in [2.75, 3.05) is 18.9 Å². The lowest BCUT2D eigenvalue weighted by Gasteiger charge is -2.18. The molecule has 0 radical (unpaired) electrons. The zero-order chi connectivity index (χ0) is 13.2. The van der Waals surface area contributed by atoms with Crippen LogP contribution in [-0.4, -0.2) is 22.8 Å². The van der Waals surface area contributed by atoms with Crippen LogP contribution in [0, 0.1) is 0 Å². The van der Waals surface area contributed by atoms with Gasteiger partial charge >= 0.3 is 0 Å². The van der Waals surface area contributed by atoms with Crippen molar-refractivity contribution in [1.82, 2.24) is 9.55 Å². The van der Waals surface area contributed by atoms with E-state index in [4.69, 9.17) is 15.2 Å². The molecule has 0 atom stereocenters. The number of fused-ring (bicyclic) bond motifs is 1. The molecule has 19 heavy (non-hydrogen) atoms. The molecule has 1 aliphatic heterocycles. The van der Waals surface area contributed by atoms with Crippen LogP contribution < -0.4 is 15.2 Å². The highest BCUT2D eigenvalue weighted by Gasteiger charge is 2.11. The number of aromatic nitrogens is 2. The minimum Gasteiger partial charge on any atom is -0.486 e. The summed E-state index contributed by atoms with van der Waals surface area (Å²) in [5.41, 5.74) is 7.94. The van der Waals surface area contributed by atoms with Crippen LogP contribution in [0.4, 0.5) is 5.95 Å². The minimum atomic E-state index is 0.553. The Labute approximate surface area is 112 Å². The number of benzene rings is 1. The minimum absolute atomic E-state index is 0.553. The van der Waals surface area contributed by atoms with Gasteiger partial charge in [-0.15, -0.1) is 0 Å². The number of nitrogen functional groups attached to an aromatic ring is 1. The maximum atomic E-state index is 5.72. The van der Waals surface area contributed by atoms with Crippen LogP contribution in [0.5, 0.6) is 11.5 Å². The first kappa shape index (κ1) is 11.9. The molecular weight excluding hydrogens is 242 g/mol. The van der Waals surface area contributed by atoms with Crippen LogP contribution in [0.15, 0.2) is 24.4 Å². The monoisotopic (exact) mass is 259 g/mol. The third-order valence-electron chi connectivity index (χ3n) is 3.24. The highest BCUT2D eigenvalue weighted by molar-refractivity contribution is 5.44. The van der Waals surface area contributed by atoms with Gasteiger partial charge in [-0.1, -0.05) is 6.07 Å². The van der Waals surface area contributed by atoms with Gasteiger partial charge in [0.05, 0.1) is 5.69 Å². The van der Waals surface area contributed by atoms with E-state index in [0.717, 1.165) is 30.0 Å². The normalized spacial score (nSPS) is 13.5. The Hall–Kier alpha value is -2.17. The molecule has 0 fully saturated rings. The first-order chi connectivity index (χ1) is 9.22. The van der Waals surface area contributed by atoms with Gasteiger partial charge in [0, 0.05) is 13.2 Å². The zero-order valence-corrected chi connectivity index (χ0v) is 10.9. The summed E-state index contributed by atoms with van der Waals surface area (Å²) in [7, 11) is 1.90. The van der Waals surface area contributed by atoms with Crippen molar-refractivity contribution in [2.24, 2.45) is 7.05 Å². The second-order valence-corrected chi connectivity index (χ2v) is 4.68. The Bertz CT molecular complexity index is 573. The summed E-state index contributed by atoms with van der Waals surface area (Å²) in [6.07, 6.45) is 3.74. The van der Waals surface area contributed by atoms with E-state index < -0.39 is 0 Å². The second kappa shape index (κ2) is 4.84. The highest BCUT2D eigenvalue weighted by atomic mass is 16.6. The molecule has 0 amide bonds. The number of anilines is 1. The van der Waals surface area contributed by atoms with Crippen molar-refractivity contribution in [3.05, 3.63) is 35.7 Å². The van der Waals surface area contributed by atoms with Gasteiger partial charge in [-0.25, -0.2) is 4.98 Å². The average Bonchev–Trinajstić information content (AvgIpc) is 2.75. The molecular formula is C14H17N3O2. The van der Waals surface area contributed by atoms with E-state index in [1.165, 1.54) is 5.56 Å². The Balaban J connectivity index is 1.70. The van der Waals surface area contributed by atoms with Crippen LogP contribution in [0.2, 0.25) is 0 Å². The Kier molecular flexibility index (Phi) is 3.03. The number of nitrogens with two attached hydrogens (primary N) is 1. The van der Waals surface area contributed by atoms with Crippen molar-refractivity contribution >= 4 is 5.95 Å². The fourth-order valence-electron chi connectivity index (χ4n) is 2.18. The quantitative estimate of drug-likeness (QED) is 0.908. The van der Waals surface area contributed by atoms with Gasteiger partial charge in [0.2, 0.25) is 0 Å². The molecule has 2 aromatic rings. The Morgan fingerprint density at radius 2 is 2.00 bits per heavy atom. The van der Waals surface area contributed by atoms with Crippen molar-refractivity contribution < 1.29 is 9.47 Å². The maximum Gasteiger partial charge on any atom is 0.200 e. The Morgan fingerprint density at radius 3 is 2.74 bits per heavy atom. The average molecular weight is 259 g/mol. The molecule has 2 heterocycles. The van der Waals surface area contributed by atoms with Gasteiger partial charge < -0.3 is 19.8 Å². The summed E-state index contributed by atoms with van der Waals surface area (Å²) in [6.45, 7) is 1.24. The summed E-state index contributed by atoms with van der Waals surface area (Å²) < 4.78 is 12.9. The largest absolute Gasteiger partial charge is 0.486 e. The van der Waals surface area contributed by atoms with Crippen LogP contribution >= 0.6 is 0 Å². The van der Waals surface area contributed by atoms with E-state index in [1.807, 2.05) is 29.9 Å². The molecule has 1 aromatic carbocycles. The lowest BCUT2D eigenvalue weighted by atomic mass is 10.1. The molecule has 0 aliphatic carbocycles. The first-order valence-corrected chi connectivity index (χ1v) is 6.38. The summed E-state index contributed by atoms with van der Waals surface area (Å²) in [5.74, 6) is 2.22. The van der Waals surface area contributed by atoms with E-state index in [9.17, 15) is 0 Å². The third-order valence-corrected chi connectivity index (χ3v) is 3.24. The number of ether oxygens (including phenoxy) is 2. The second-order valence-electron chi connectivity index (χ2n) is 4.68. The fourth-order valence-corrected chi connectivity index (χ4v) is 2.18. The topological polar surface area (TPSA) is 62.3 Å². The standard InChI is InChI=1S/C14H17N3O2/c1-17-9-11(16-14(17)15)4-2-10-3-5-12-13(8-10)19-7-6-18-12/h3,5,8-9H,2,4,6-7H2,1H3,(H2,15,16). The van der Waals surface area contributed by atoms with Crippen LogP contribution in [-0.2, 0) is 19.9 Å². The number of rotatable bonds is 3. The van der Waals surface area contributed by atoms with Crippen LogP contribution in [0.1, 0.15) is 11.3 Å². The molecule has 0 spiro atoms. The van der Waals surface area contributed by atoms with Crippen LogP contribution in [0.3, 0.4) is 0 Å². The van der Waals surface area contributed by atoms with Gasteiger partial charge in [-0.3, -0.25) is 0 Å². The van der Waals surface area contributed by atoms with E-state index in [1.54, 1.807) is 0 Å². The number of nitrogens with zero attached hydrogens (tertiary/aromatic N) is 2. The predicted octanol–water partition coefficient (Wildman–Crippen LogP) is 1.56. The first-order valence-electron chi connectivity index (χ1n) is 6.38. The third kappa shape index (κ3) is 2.50. The Morgan fingerprint density at radius 1 is 1.21 bits per heavy atom. The summed E-state index contributed by atoms with van der Waals surface area (Å²) in [4.78, 5) is 4.30. The van der Waals surface area contributed by atoms with Crippen molar-refractivity contribution in [3.8, 4) is 11.5 Å². The smallest absolute Gasteiger partial charge is 0.200 e. The van der Waals surface area contributed by atoms with E-state index >= 15 is 0 Å². The lowest BCUT2D eigenvalue weighted by Crippen LogP contribution is -2.15. The zero-order valence-electron chi connectivity index (χ0n) is 10.9. The fraction of sp³-hybridized carbons (Fsp3) is 0.357. The molecule has 0 bridgehead atoms. The van der Waals surface area contributed by atoms with Gasteiger partial charge in [0.15, 0.2) is 17.4 Å². The number of hydrogen-bond donors (Lipinski definition) is 1. The highest BCUT2D eigenvalue weighted by Crippen LogP contribution is 2.31. The molecule has 1 aliphatic rings.